The van der Waals surface area contributed by atoms with E-state index >= 15 is 0 Å². The summed E-state index contributed by atoms with van der Waals surface area (Å²) in [6.45, 7) is 0.781. The Bertz CT molecular complexity index is 464. The molecule has 8 heteroatoms. The number of nitrogens with two attached hydrogens (primary N) is 2. The molecule has 0 spiro atoms. The van der Waals surface area contributed by atoms with Gasteiger partial charge in [-0.15, -0.1) is 0 Å². The third kappa shape index (κ3) is 2.02. The highest BCUT2D eigenvalue weighted by molar-refractivity contribution is 5.99. The predicted molar refractivity (Wildman–Crippen MR) is 62.5 cm³/mol. The maximum Gasteiger partial charge on any atom is 0.275 e. The van der Waals surface area contributed by atoms with Gasteiger partial charge in [0.2, 0.25) is 5.91 Å². The molecule has 0 aliphatic carbocycles. The van der Waals surface area contributed by atoms with Gasteiger partial charge in [-0.25, -0.2) is 0 Å². The molecule has 0 aromatic carbocycles. The first kappa shape index (κ1) is 12.4. The number of nitrogen functional groups attached to an aromatic ring is 1. The summed E-state index contributed by atoms with van der Waals surface area (Å²) in [5, 5.41) is 3.90. The van der Waals surface area contributed by atoms with E-state index in [9.17, 15) is 9.59 Å². The number of hydrogen-bond donors (Lipinski definition) is 2. The van der Waals surface area contributed by atoms with E-state index in [1.165, 1.54) is 15.8 Å². The predicted octanol–water partition coefficient (Wildman–Crippen LogP) is -1.67. The van der Waals surface area contributed by atoms with Crippen molar-refractivity contribution in [2.45, 2.75) is 6.04 Å². The fraction of sp³-hybridized carbons (Fsp3) is 0.500. The number of anilines is 1. The molecule has 2 rings (SSSR count). The zero-order chi connectivity index (χ0) is 13.3. The second-order valence-corrected chi connectivity index (χ2v) is 4.06. The highest BCUT2D eigenvalue weighted by Gasteiger charge is 2.33. The van der Waals surface area contributed by atoms with E-state index in [4.69, 9.17) is 16.2 Å². The van der Waals surface area contributed by atoms with Crippen molar-refractivity contribution in [2.75, 3.05) is 25.5 Å². The Kier molecular flexibility index (Phi) is 3.19. The molecule has 0 bridgehead atoms. The molecule has 1 atom stereocenters. The van der Waals surface area contributed by atoms with E-state index in [-0.39, 0.29) is 23.9 Å². The van der Waals surface area contributed by atoms with Gasteiger partial charge in [-0.05, 0) is 0 Å². The van der Waals surface area contributed by atoms with E-state index in [0.29, 0.717) is 13.2 Å². The molecule has 1 unspecified atom stereocenters. The second kappa shape index (κ2) is 4.65. The molecule has 1 aliphatic heterocycles. The summed E-state index contributed by atoms with van der Waals surface area (Å²) >= 11 is 0. The van der Waals surface area contributed by atoms with Gasteiger partial charge in [-0.1, -0.05) is 0 Å². The number of ether oxygens (including phenoxy) is 1. The van der Waals surface area contributed by atoms with Gasteiger partial charge in [0, 0.05) is 13.6 Å². The van der Waals surface area contributed by atoms with Crippen LogP contribution in [-0.2, 0) is 16.6 Å². The van der Waals surface area contributed by atoms with Crippen LogP contribution in [0.3, 0.4) is 0 Å². The number of morpholine rings is 1. The topological polar surface area (TPSA) is 116 Å². The van der Waals surface area contributed by atoms with Crippen molar-refractivity contribution in [1.82, 2.24) is 14.7 Å². The quantitative estimate of drug-likeness (QED) is 0.653. The SMILES string of the molecule is Cn1ncc(N)c1C(=O)N1CCOCC1C(N)=O. The van der Waals surface area contributed by atoms with Crippen molar-refractivity contribution < 1.29 is 14.3 Å². The van der Waals surface area contributed by atoms with Crippen molar-refractivity contribution in [3.05, 3.63) is 11.9 Å². The van der Waals surface area contributed by atoms with Crippen LogP contribution >= 0.6 is 0 Å². The number of aromatic nitrogens is 2. The van der Waals surface area contributed by atoms with Crippen molar-refractivity contribution >= 4 is 17.5 Å². The third-order valence-corrected chi connectivity index (χ3v) is 2.89. The Balaban J connectivity index is 2.29. The Morgan fingerprint density at radius 2 is 2.28 bits per heavy atom. The second-order valence-electron chi connectivity index (χ2n) is 4.06. The molecular weight excluding hydrogens is 238 g/mol. The number of nitrogens with zero attached hydrogens (tertiary/aromatic N) is 3. The first-order chi connectivity index (χ1) is 8.52. The lowest BCUT2D eigenvalue weighted by atomic mass is 10.2. The molecular formula is C10H15N5O3. The lowest BCUT2D eigenvalue weighted by Crippen LogP contribution is -2.55. The van der Waals surface area contributed by atoms with Crippen molar-refractivity contribution in [3.63, 3.8) is 0 Å². The van der Waals surface area contributed by atoms with Crippen molar-refractivity contribution in [3.8, 4) is 0 Å². The number of aryl methyl sites for hydroxylation is 1. The van der Waals surface area contributed by atoms with E-state index in [2.05, 4.69) is 5.10 Å². The van der Waals surface area contributed by atoms with Crippen LogP contribution in [0.25, 0.3) is 0 Å². The number of carbonyl (C=O) groups is 2. The zero-order valence-corrected chi connectivity index (χ0v) is 10.00. The standard InChI is InChI=1S/C10H15N5O3/c1-14-8(6(11)4-13-14)10(17)15-2-3-18-5-7(15)9(12)16/h4,7H,2-3,5,11H2,1H3,(H2,12,16). The van der Waals surface area contributed by atoms with Gasteiger partial charge in [-0.2, -0.15) is 5.10 Å². The van der Waals surface area contributed by atoms with Crippen LogP contribution in [0.2, 0.25) is 0 Å². The molecule has 4 N–H and O–H groups in total. The average Bonchev–Trinajstić information content (AvgIpc) is 2.68. The first-order valence-electron chi connectivity index (χ1n) is 5.48. The molecule has 98 valence electrons. The number of amides is 2. The van der Waals surface area contributed by atoms with E-state index in [0.717, 1.165) is 0 Å². The maximum atomic E-state index is 12.3. The van der Waals surface area contributed by atoms with Gasteiger partial charge in [0.25, 0.3) is 5.91 Å². The van der Waals surface area contributed by atoms with Gasteiger partial charge in [0.1, 0.15) is 11.7 Å². The highest BCUT2D eigenvalue weighted by Crippen LogP contribution is 2.16. The lowest BCUT2D eigenvalue weighted by molar-refractivity contribution is -0.127. The largest absolute Gasteiger partial charge is 0.396 e. The van der Waals surface area contributed by atoms with Crippen molar-refractivity contribution in [2.24, 2.45) is 12.8 Å². The van der Waals surface area contributed by atoms with Gasteiger partial charge in [0.15, 0.2) is 0 Å². The molecule has 8 nitrogen and oxygen atoms in total. The Morgan fingerprint density at radius 1 is 1.56 bits per heavy atom. The number of carbonyl (C=O) groups excluding carboxylic acids is 2. The molecule has 2 amide bonds. The van der Waals surface area contributed by atoms with Crippen LogP contribution in [0, 0.1) is 0 Å². The lowest BCUT2D eigenvalue weighted by Gasteiger charge is -2.33. The Labute approximate surface area is 103 Å². The fourth-order valence-electron chi connectivity index (χ4n) is 1.93. The molecule has 1 aromatic rings. The summed E-state index contributed by atoms with van der Waals surface area (Å²) in [5.74, 6) is -0.955. The Morgan fingerprint density at radius 3 is 2.83 bits per heavy atom. The molecule has 0 saturated carbocycles. The molecule has 2 heterocycles. The van der Waals surface area contributed by atoms with Crippen molar-refractivity contribution in [1.29, 1.82) is 0 Å². The molecule has 1 saturated heterocycles. The first-order valence-corrected chi connectivity index (χ1v) is 5.48. The molecule has 0 radical (unpaired) electrons. The van der Waals surface area contributed by atoms with E-state index in [1.807, 2.05) is 0 Å². The molecule has 1 fully saturated rings. The van der Waals surface area contributed by atoms with Crippen LogP contribution in [0.4, 0.5) is 5.69 Å². The normalized spacial score (nSPS) is 19.8. The molecule has 1 aromatic heterocycles. The Hall–Kier alpha value is -2.09. The van der Waals surface area contributed by atoms with E-state index < -0.39 is 11.9 Å². The molecule has 18 heavy (non-hydrogen) atoms. The van der Waals surface area contributed by atoms with Gasteiger partial charge in [0.05, 0.1) is 25.1 Å². The summed E-state index contributed by atoms with van der Waals surface area (Å²) in [4.78, 5) is 25.0. The highest BCUT2D eigenvalue weighted by atomic mass is 16.5. The van der Waals surface area contributed by atoms with Crippen LogP contribution in [0.15, 0.2) is 6.20 Å². The summed E-state index contributed by atoms with van der Waals surface area (Å²) in [6.07, 6.45) is 1.40. The van der Waals surface area contributed by atoms with Gasteiger partial charge in [-0.3, -0.25) is 14.3 Å². The number of rotatable bonds is 2. The number of primary amides is 1. The summed E-state index contributed by atoms with van der Waals surface area (Å²) in [7, 11) is 1.61. The van der Waals surface area contributed by atoms with Gasteiger partial charge < -0.3 is 21.1 Å². The summed E-state index contributed by atoms with van der Waals surface area (Å²) in [5.41, 5.74) is 11.5. The van der Waals surface area contributed by atoms with Gasteiger partial charge >= 0.3 is 0 Å². The fourth-order valence-corrected chi connectivity index (χ4v) is 1.93. The monoisotopic (exact) mass is 253 g/mol. The minimum absolute atomic E-state index is 0.110. The smallest absolute Gasteiger partial charge is 0.275 e. The zero-order valence-electron chi connectivity index (χ0n) is 10.00. The third-order valence-electron chi connectivity index (χ3n) is 2.89. The maximum absolute atomic E-state index is 12.3. The number of hydrogen-bond acceptors (Lipinski definition) is 5. The summed E-state index contributed by atoms with van der Waals surface area (Å²) < 4.78 is 6.53. The summed E-state index contributed by atoms with van der Waals surface area (Å²) in [6, 6.07) is -0.763. The van der Waals surface area contributed by atoms with Crippen LogP contribution in [-0.4, -0.2) is 52.3 Å². The molecule has 1 aliphatic rings. The van der Waals surface area contributed by atoms with Crippen LogP contribution < -0.4 is 11.5 Å². The minimum atomic E-state index is -0.763. The van der Waals surface area contributed by atoms with Crippen LogP contribution in [0.5, 0.6) is 0 Å². The van der Waals surface area contributed by atoms with E-state index in [1.54, 1.807) is 7.05 Å². The average molecular weight is 253 g/mol. The minimum Gasteiger partial charge on any atom is -0.396 e. The van der Waals surface area contributed by atoms with Crippen LogP contribution in [0.1, 0.15) is 10.5 Å².